The van der Waals surface area contributed by atoms with Crippen molar-refractivity contribution in [1.29, 1.82) is 0 Å². The molecule has 3 heterocycles. The fraction of sp³-hybridized carbons (Fsp3) is 0.667. The minimum absolute atomic E-state index is 0.0446. The highest BCUT2D eigenvalue weighted by Crippen LogP contribution is 2.21. The van der Waals surface area contributed by atoms with Crippen LogP contribution < -0.4 is 5.32 Å². The van der Waals surface area contributed by atoms with Crippen molar-refractivity contribution in [2.45, 2.75) is 12.5 Å². The van der Waals surface area contributed by atoms with Crippen LogP contribution in [-0.4, -0.2) is 72.8 Å². The first-order valence-electron chi connectivity index (χ1n) is 7.82. The average molecular weight is 342 g/mol. The second kappa shape index (κ2) is 8.19. The SMILES string of the molecule is O=C(Nc1cccs1)N1CCCSCC1CN1CCOCC1. The summed E-state index contributed by atoms with van der Waals surface area (Å²) in [7, 11) is 0. The van der Waals surface area contributed by atoms with E-state index in [0.717, 1.165) is 62.3 Å². The number of nitrogens with zero attached hydrogens (tertiary/aromatic N) is 2. The molecule has 2 saturated heterocycles. The molecule has 3 rings (SSSR count). The van der Waals surface area contributed by atoms with Crippen molar-refractivity contribution in [3.63, 3.8) is 0 Å². The minimum Gasteiger partial charge on any atom is -0.379 e. The van der Waals surface area contributed by atoms with Gasteiger partial charge in [-0.1, -0.05) is 0 Å². The smallest absolute Gasteiger partial charge is 0.322 e. The van der Waals surface area contributed by atoms with E-state index in [0.29, 0.717) is 0 Å². The molecule has 0 saturated carbocycles. The lowest BCUT2D eigenvalue weighted by Crippen LogP contribution is -2.51. The first kappa shape index (κ1) is 16.1. The number of urea groups is 1. The van der Waals surface area contributed by atoms with Crippen molar-refractivity contribution in [2.75, 3.05) is 56.2 Å². The molecule has 0 bridgehead atoms. The Morgan fingerprint density at radius 3 is 3.00 bits per heavy atom. The van der Waals surface area contributed by atoms with Crippen LogP contribution in [0.4, 0.5) is 9.80 Å². The van der Waals surface area contributed by atoms with E-state index in [2.05, 4.69) is 10.2 Å². The number of carbonyl (C=O) groups is 1. The number of rotatable bonds is 3. The van der Waals surface area contributed by atoms with Crippen LogP contribution >= 0.6 is 23.1 Å². The molecule has 0 aromatic carbocycles. The third-order valence-corrected chi connectivity index (χ3v) is 6.01. The second-order valence-corrected chi connectivity index (χ2v) is 7.69. The Hall–Kier alpha value is -0.760. The van der Waals surface area contributed by atoms with Gasteiger partial charge in [-0.15, -0.1) is 11.3 Å². The predicted molar refractivity (Wildman–Crippen MR) is 93.0 cm³/mol. The molecule has 0 aliphatic carbocycles. The molecule has 2 amide bonds. The summed E-state index contributed by atoms with van der Waals surface area (Å²) in [6.07, 6.45) is 1.07. The molecular weight excluding hydrogens is 318 g/mol. The quantitative estimate of drug-likeness (QED) is 0.917. The van der Waals surface area contributed by atoms with Crippen LogP contribution in [0.25, 0.3) is 0 Å². The number of amides is 2. The predicted octanol–water partition coefficient (Wildman–Crippen LogP) is 2.42. The summed E-state index contributed by atoms with van der Waals surface area (Å²) < 4.78 is 5.42. The fourth-order valence-corrected chi connectivity index (χ4v) is 4.52. The van der Waals surface area contributed by atoms with E-state index in [9.17, 15) is 4.79 Å². The van der Waals surface area contributed by atoms with Gasteiger partial charge in [0.1, 0.15) is 0 Å². The van der Waals surface area contributed by atoms with Gasteiger partial charge in [0.2, 0.25) is 0 Å². The van der Waals surface area contributed by atoms with E-state index in [4.69, 9.17) is 4.74 Å². The van der Waals surface area contributed by atoms with Gasteiger partial charge in [0.15, 0.2) is 0 Å². The average Bonchev–Trinajstić information content (AvgIpc) is 2.93. The molecule has 2 aliphatic heterocycles. The van der Waals surface area contributed by atoms with Crippen molar-refractivity contribution < 1.29 is 9.53 Å². The lowest BCUT2D eigenvalue weighted by Gasteiger charge is -2.35. The molecule has 0 radical (unpaired) electrons. The molecule has 1 aromatic rings. The number of thiophene rings is 1. The number of morpholine rings is 1. The molecule has 7 heteroatoms. The molecule has 5 nitrogen and oxygen atoms in total. The van der Waals surface area contributed by atoms with Crippen LogP contribution in [0, 0.1) is 0 Å². The van der Waals surface area contributed by atoms with Crippen molar-refractivity contribution in [3.05, 3.63) is 17.5 Å². The van der Waals surface area contributed by atoms with E-state index < -0.39 is 0 Å². The molecule has 2 fully saturated rings. The van der Waals surface area contributed by atoms with Gasteiger partial charge < -0.3 is 9.64 Å². The first-order valence-corrected chi connectivity index (χ1v) is 9.85. The van der Waals surface area contributed by atoms with Gasteiger partial charge in [-0.2, -0.15) is 11.8 Å². The van der Waals surface area contributed by atoms with Crippen LogP contribution in [0.1, 0.15) is 6.42 Å². The van der Waals surface area contributed by atoms with Crippen LogP contribution in [-0.2, 0) is 4.74 Å². The summed E-state index contributed by atoms with van der Waals surface area (Å²) in [5, 5.41) is 5.95. The third kappa shape index (κ3) is 4.38. The standard InChI is InChI=1S/C15H23N3O2S2/c19-15(16-14-3-1-10-22-14)18-4-2-9-21-12-13(18)11-17-5-7-20-8-6-17/h1,3,10,13H,2,4-9,11-12H2,(H,16,19). The maximum Gasteiger partial charge on any atom is 0.322 e. The number of carbonyl (C=O) groups excluding carboxylic acids is 1. The highest BCUT2D eigenvalue weighted by atomic mass is 32.2. The third-order valence-electron chi connectivity index (χ3n) is 4.02. The summed E-state index contributed by atoms with van der Waals surface area (Å²) in [4.78, 5) is 17.1. The number of thioether (sulfide) groups is 1. The first-order chi connectivity index (χ1) is 10.8. The highest BCUT2D eigenvalue weighted by Gasteiger charge is 2.28. The summed E-state index contributed by atoms with van der Waals surface area (Å²) in [6.45, 7) is 5.36. The zero-order chi connectivity index (χ0) is 15.2. The van der Waals surface area contributed by atoms with E-state index in [-0.39, 0.29) is 12.1 Å². The molecule has 1 unspecified atom stereocenters. The monoisotopic (exact) mass is 341 g/mol. The summed E-state index contributed by atoms with van der Waals surface area (Å²) in [5.41, 5.74) is 0. The van der Waals surface area contributed by atoms with Gasteiger partial charge in [-0.25, -0.2) is 4.79 Å². The van der Waals surface area contributed by atoms with E-state index >= 15 is 0 Å². The largest absolute Gasteiger partial charge is 0.379 e. The van der Waals surface area contributed by atoms with Gasteiger partial charge >= 0.3 is 6.03 Å². The lowest BCUT2D eigenvalue weighted by atomic mass is 10.2. The number of ether oxygens (including phenoxy) is 1. The second-order valence-electron chi connectivity index (χ2n) is 5.60. The number of hydrogen-bond donors (Lipinski definition) is 1. The zero-order valence-corrected chi connectivity index (χ0v) is 14.3. The normalized spacial score (nSPS) is 24.0. The van der Waals surface area contributed by atoms with Gasteiger partial charge in [-0.3, -0.25) is 10.2 Å². The molecule has 22 heavy (non-hydrogen) atoms. The Bertz CT molecular complexity index is 463. The molecule has 1 atom stereocenters. The van der Waals surface area contributed by atoms with Gasteiger partial charge in [-0.05, 0) is 29.7 Å². The van der Waals surface area contributed by atoms with E-state index in [1.165, 1.54) is 0 Å². The molecular formula is C15H23N3O2S2. The van der Waals surface area contributed by atoms with Crippen LogP contribution in [0.3, 0.4) is 0 Å². The van der Waals surface area contributed by atoms with E-state index in [1.54, 1.807) is 11.3 Å². The van der Waals surface area contributed by atoms with Crippen LogP contribution in [0.2, 0.25) is 0 Å². The summed E-state index contributed by atoms with van der Waals surface area (Å²) >= 11 is 3.53. The van der Waals surface area contributed by atoms with Crippen molar-refractivity contribution >= 4 is 34.1 Å². The van der Waals surface area contributed by atoms with E-state index in [1.807, 2.05) is 34.2 Å². The Morgan fingerprint density at radius 2 is 2.23 bits per heavy atom. The highest BCUT2D eigenvalue weighted by molar-refractivity contribution is 7.99. The van der Waals surface area contributed by atoms with Crippen molar-refractivity contribution in [1.82, 2.24) is 9.80 Å². The number of anilines is 1. The maximum atomic E-state index is 12.6. The maximum absolute atomic E-state index is 12.6. The number of hydrogen-bond acceptors (Lipinski definition) is 5. The van der Waals surface area contributed by atoms with Crippen LogP contribution in [0.15, 0.2) is 17.5 Å². The Balaban J connectivity index is 1.62. The Labute approximate surface area is 140 Å². The van der Waals surface area contributed by atoms with Crippen LogP contribution in [0.5, 0.6) is 0 Å². The summed E-state index contributed by atoms with van der Waals surface area (Å²) in [6, 6.07) is 4.24. The zero-order valence-electron chi connectivity index (χ0n) is 12.7. The molecule has 2 aliphatic rings. The summed E-state index contributed by atoms with van der Waals surface area (Å²) in [5.74, 6) is 2.16. The molecule has 122 valence electrons. The number of nitrogens with one attached hydrogen (secondary N) is 1. The van der Waals surface area contributed by atoms with Gasteiger partial charge in [0.05, 0.1) is 24.3 Å². The van der Waals surface area contributed by atoms with Gasteiger partial charge in [0, 0.05) is 31.9 Å². The Kier molecular flexibility index (Phi) is 6.00. The van der Waals surface area contributed by atoms with Crippen molar-refractivity contribution in [2.24, 2.45) is 0 Å². The molecule has 1 N–H and O–H groups in total. The molecule has 0 spiro atoms. The fourth-order valence-electron chi connectivity index (χ4n) is 2.86. The minimum atomic E-state index is 0.0446. The Morgan fingerprint density at radius 1 is 1.36 bits per heavy atom. The topological polar surface area (TPSA) is 44.8 Å². The molecule has 1 aromatic heterocycles. The lowest BCUT2D eigenvalue weighted by molar-refractivity contribution is 0.0288. The van der Waals surface area contributed by atoms with Crippen molar-refractivity contribution in [3.8, 4) is 0 Å². The van der Waals surface area contributed by atoms with Gasteiger partial charge in [0.25, 0.3) is 0 Å².